The van der Waals surface area contributed by atoms with E-state index >= 15 is 0 Å². The van der Waals surface area contributed by atoms with Gasteiger partial charge in [0, 0.05) is 0 Å². The summed E-state index contributed by atoms with van der Waals surface area (Å²) in [6, 6.07) is 1.35. The van der Waals surface area contributed by atoms with Crippen molar-refractivity contribution in [2.45, 2.75) is 6.92 Å². The maximum atomic E-state index is 10.7. The summed E-state index contributed by atoms with van der Waals surface area (Å²) in [4.78, 5) is 10.7. The number of nitrogens with zero attached hydrogens (tertiary/aromatic N) is 2. The van der Waals surface area contributed by atoms with Crippen molar-refractivity contribution >= 4 is 5.97 Å². The minimum absolute atomic E-state index is 0.0181. The smallest absolute Gasteiger partial charge is 0.341 e. The minimum atomic E-state index is -1.07. The molecule has 5 heteroatoms. The van der Waals surface area contributed by atoms with Crippen LogP contribution >= 0.6 is 0 Å². The first-order valence-electron chi connectivity index (χ1n) is 4.04. The Labute approximate surface area is 81.0 Å². The first-order chi connectivity index (χ1) is 6.75. The fourth-order valence-corrected chi connectivity index (χ4v) is 0.811. The van der Waals surface area contributed by atoms with Crippen molar-refractivity contribution in [3.8, 4) is 5.88 Å². The largest absolute Gasteiger partial charge is 0.477 e. The van der Waals surface area contributed by atoms with Crippen molar-refractivity contribution in [1.82, 2.24) is 10.2 Å². The van der Waals surface area contributed by atoms with Crippen molar-refractivity contribution in [3.05, 3.63) is 30.0 Å². The molecule has 1 rings (SSSR count). The molecule has 0 bridgehead atoms. The van der Waals surface area contributed by atoms with Gasteiger partial charge < -0.3 is 9.84 Å². The molecule has 1 heterocycles. The van der Waals surface area contributed by atoms with Gasteiger partial charge in [0.15, 0.2) is 0 Å². The zero-order valence-electron chi connectivity index (χ0n) is 7.67. The number of hydrogen-bond donors (Lipinski definition) is 1. The first kappa shape index (κ1) is 10.2. The molecule has 0 radical (unpaired) electrons. The lowest BCUT2D eigenvalue weighted by atomic mass is 10.3. The Bertz CT molecular complexity index is 350. The SMILES string of the molecule is C/C=C/COc1nnccc1C(=O)O. The fourth-order valence-electron chi connectivity index (χ4n) is 0.811. The molecule has 14 heavy (non-hydrogen) atoms. The van der Waals surface area contributed by atoms with Crippen LogP contribution in [0.1, 0.15) is 17.3 Å². The molecule has 0 aliphatic heterocycles. The molecule has 0 saturated heterocycles. The summed E-state index contributed by atoms with van der Waals surface area (Å²) in [7, 11) is 0. The van der Waals surface area contributed by atoms with E-state index in [2.05, 4.69) is 10.2 Å². The predicted octanol–water partition coefficient (Wildman–Crippen LogP) is 1.13. The quantitative estimate of drug-likeness (QED) is 0.727. The van der Waals surface area contributed by atoms with Crippen LogP contribution in [-0.4, -0.2) is 27.9 Å². The van der Waals surface area contributed by atoms with Gasteiger partial charge in [-0.3, -0.25) is 0 Å². The Kier molecular flexibility index (Phi) is 3.60. The summed E-state index contributed by atoms with van der Waals surface area (Å²) < 4.78 is 5.10. The van der Waals surface area contributed by atoms with Crippen LogP contribution in [0.3, 0.4) is 0 Å². The molecule has 0 aliphatic rings. The summed E-state index contributed by atoms with van der Waals surface area (Å²) in [6.45, 7) is 2.13. The molecular formula is C9H10N2O3. The summed E-state index contributed by atoms with van der Waals surface area (Å²) in [5.41, 5.74) is 0.0181. The van der Waals surface area contributed by atoms with Crippen molar-refractivity contribution in [2.24, 2.45) is 0 Å². The van der Waals surface area contributed by atoms with Gasteiger partial charge in [-0.1, -0.05) is 12.2 Å². The highest BCUT2D eigenvalue weighted by atomic mass is 16.5. The molecule has 5 nitrogen and oxygen atoms in total. The number of aromatic nitrogens is 2. The molecule has 1 aromatic rings. The number of allylic oxidation sites excluding steroid dienone is 1. The molecule has 74 valence electrons. The van der Waals surface area contributed by atoms with Crippen LogP contribution in [-0.2, 0) is 0 Å². The average molecular weight is 194 g/mol. The van der Waals surface area contributed by atoms with Crippen LogP contribution in [0.15, 0.2) is 24.4 Å². The van der Waals surface area contributed by atoms with E-state index in [1.807, 2.05) is 6.92 Å². The minimum Gasteiger partial charge on any atom is -0.477 e. The molecule has 0 spiro atoms. The Morgan fingerprint density at radius 1 is 1.71 bits per heavy atom. The summed E-state index contributed by atoms with van der Waals surface area (Å²) in [5, 5.41) is 15.9. The van der Waals surface area contributed by atoms with E-state index in [0.717, 1.165) is 0 Å². The molecule has 0 saturated carbocycles. The van der Waals surface area contributed by atoms with E-state index in [1.54, 1.807) is 12.2 Å². The Hall–Kier alpha value is -1.91. The molecule has 0 atom stereocenters. The Morgan fingerprint density at radius 2 is 2.50 bits per heavy atom. The lowest BCUT2D eigenvalue weighted by Crippen LogP contribution is -2.05. The highest BCUT2D eigenvalue weighted by Gasteiger charge is 2.11. The van der Waals surface area contributed by atoms with Crippen LogP contribution in [0, 0.1) is 0 Å². The molecule has 1 aromatic heterocycles. The lowest BCUT2D eigenvalue weighted by Gasteiger charge is -2.03. The van der Waals surface area contributed by atoms with Crippen molar-refractivity contribution in [1.29, 1.82) is 0 Å². The molecule has 1 N–H and O–H groups in total. The number of hydrogen-bond acceptors (Lipinski definition) is 4. The third-order valence-electron chi connectivity index (χ3n) is 1.47. The highest BCUT2D eigenvalue weighted by Crippen LogP contribution is 2.12. The predicted molar refractivity (Wildman–Crippen MR) is 49.3 cm³/mol. The van der Waals surface area contributed by atoms with Crippen LogP contribution in [0.5, 0.6) is 5.88 Å². The van der Waals surface area contributed by atoms with Gasteiger partial charge in [0.05, 0.1) is 6.20 Å². The number of ether oxygens (including phenoxy) is 1. The zero-order valence-corrected chi connectivity index (χ0v) is 7.67. The number of carbonyl (C=O) groups is 1. The van der Waals surface area contributed by atoms with E-state index in [9.17, 15) is 4.79 Å². The van der Waals surface area contributed by atoms with E-state index in [0.29, 0.717) is 0 Å². The van der Waals surface area contributed by atoms with Crippen LogP contribution in [0.25, 0.3) is 0 Å². The van der Waals surface area contributed by atoms with Crippen LogP contribution in [0.4, 0.5) is 0 Å². The van der Waals surface area contributed by atoms with E-state index in [-0.39, 0.29) is 18.1 Å². The highest BCUT2D eigenvalue weighted by molar-refractivity contribution is 5.89. The summed E-state index contributed by atoms with van der Waals surface area (Å²) >= 11 is 0. The van der Waals surface area contributed by atoms with Gasteiger partial charge in [-0.2, -0.15) is 5.10 Å². The third kappa shape index (κ3) is 2.55. The fraction of sp³-hybridized carbons (Fsp3) is 0.222. The van der Waals surface area contributed by atoms with E-state index in [1.165, 1.54) is 12.3 Å². The summed E-state index contributed by atoms with van der Waals surface area (Å²) in [6.07, 6.45) is 4.86. The van der Waals surface area contributed by atoms with Gasteiger partial charge in [-0.05, 0) is 13.0 Å². The number of carboxylic acid groups (broad SMARTS) is 1. The van der Waals surface area contributed by atoms with E-state index in [4.69, 9.17) is 9.84 Å². The number of aromatic carboxylic acids is 1. The van der Waals surface area contributed by atoms with Gasteiger partial charge in [0.1, 0.15) is 12.2 Å². The number of rotatable bonds is 4. The van der Waals surface area contributed by atoms with Crippen molar-refractivity contribution in [2.75, 3.05) is 6.61 Å². The molecule has 0 fully saturated rings. The van der Waals surface area contributed by atoms with Gasteiger partial charge in [-0.25, -0.2) is 4.79 Å². The van der Waals surface area contributed by atoms with Gasteiger partial charge >= 0.3 is 5.97 Å². The molecule has 0 unspecified atom stereocenters. The normalized spacial score (nSPS) is 10.4. The Balaban J connectivity index is 2.79. The second-order valence-corrected chi connectivity index (χ2v) is 2.44. The third-order valence-corrected chi connectivity index (χ3v) is 1.47. The first-order valence-corrected chi connectivity index (χ1v) is 4.04. The standard InChI is InChI=1S/C9H10N2O3/c1-2-3-6-14-8-7(9(12)13)4-5-10-11-8/h2-5H,6H2,1H3,(H,12,13)/b3-2+. The molecule has 0 aromatic carbocycles. The van der Waals surface area contributed by atoms with E-state index < -0.39 is 5.97 Å². The topological polar surface area (TPSA) is 72.3 Å². The zero-order chi connectivity index (χ0) is 10.4. The van der Waals surface area contributed by atoms with Gasteiger partial charge in [0.2, 0.25) is 5.88 Å². The van der Waals surface area contributed by atoms with Gasteiger partial charge in [0.25, 0.3) is 0 Å². The van der Waals surface area contributed by atoms with Crippen LogP contribution < -0.4 is 4.74 Å². The maximum absolute atomic E-state index is 10.7. The average Bonchev–Trinajstić information content (AvgIpc) is 2.19. The van der Waals surface area contributed by atoms with Crippen LogP contribution in [0.2, 0.25) is 0 Å². The monoisotopic (exact) mass is 194 g/mol. The summed E-state index contributed by atoms with van der Waals surface area (Å²) in [5.74, 6) is -1.03. The van der Waals surface area contributed by atoms with Crippen molar-refractivity contribution in [3.63, 3.8) is 0 Å². The molecule has 0 aliphatic carbocycles. The van der Waals surface area contributed by atoms with Gasteiger partial charge in [-0.15, -0.1) is 5.10 Å². The lowest BCUT2D eigenvalue weighted by molar-refractivity contribution is 0.0691. The van der Waals surface area contributed by atoms with Crippen molar-refractivity contribution < 1.29 is 14.6 Å². The second-order valence-electron chi connectivity index (χ2n) is 2.44. The second kappa shape index (κ2) is 4.96. The molecule has 0 amide bonds. The Morgan fingerprint density at radius 3 is 3.14 bits per heavy atom. The molecular weight excluding hydrogens is 184 g/mol. The maximum Gasteiger partial charge on any atom is 0.341 e. The number of carboxylic acids is 1.